The van der Waals surface area contributed by atoms with Crippen LogP contribution >= 0.6 is 0 Å². The quantitative estimate of drug-likeness (QED) is 0.717. The Hall–Kier alpha value is -1.62. The molecular formula is C11H15N3O2. The van der Waals surface area contributed by atoms with Crippen LogP contribution in [0.1, 0.15) is 12.1 Å². The number of nitrogens with zero attached hydrogens (tertiary/aromatic N) is 3. The predicted octanol–water partition coefficient (Wildman–Crippen LogP) is 0.0265. The van der Waals surface area contributed by atoms with Gasteiger partial charge in [-0.25, -0.2) is 0 Å². The number of carbonyl (C=O) groups excluding carboxylic acids is 1. The van der Waals surface area contributed by atoms with E-state index in [-0.39, 0.29) is 12.0 Å². The van der Waals surface area contributed by atoms with E-state index in [9.17, 15) is 9.90 Å². The summed E-state index contributed by atoms with van der Waals surface area (Å²) in [6.45, 7) is 1.07. The smallest absolute Gasteiger partial charge is 0.246 e. The lowest BCUT2D eigenvalue weighted by atomic mass is 10.3. The van der Waals surface area contributed by atoms with E-state index in [0.717, 1.165) is 5.69 Å². The summed E-state index contributed by atoms with van der Waals surface area (Å²) in [5.74, 6) is -0.0576. The molecule has 0 aliphatic carbocycles. The Bertz CT molecular complexity index is 411. The maximum Gasteiger partial charge on any atom is 0.246 e. The fraction of sp³-hybridized carbons (Fsp3) is 0.455. The lowest BCUT2D eigenvalue weighted by Gasteiger charge is -2.12. The minimum absolute atomic E-state index is 0.0576. The summed E-state index contributed by atoms with van der Waals surface area (Å²) in [6, 6.07) is 1.84. The molecule has 1 fully saturated rings. The van der Waals surface area contributed by atoms with Gasteiger partial charge in [-0.05, 0) is 18.6 Å². The highest BCUT2D eigenvalue weighted by atomic mass is 16.3. The van der Waals surface area contributed by atoms with Crippen LogP contribution in [0.5, 0.6) is 0 Å². The van der Waals surface area contributed by atoms with Crippen molar-refractivity contribution in [1.82, 2.24) is 14.7 Å². The first-order chi connectivity index (χ1) is 7.66. The second kappa shape index (κ2) is 4.49. The maximum absolute atomic E-state index is 11.7. The highest BCUT2D eigenvalue weighted by Crippen LogP contribution is 2.09. The molecule has 0 unspecified atom stereocenters. The van der Waals surface area contributed by atoms with E-state index in [0.29, 0.717) is 19.5 Å². The van der Waals surface area contributed by atoms with Crippen LogP contribution in [-0.2, 0) is 11.8 Å². The van der Waals surface area contributed by atoms with Crippen LogP contribution in [0, 0.1) is 0 Å². The van der Waals surface area contributed by atoms with E-state index in [1.54, 1.807) is 21.9 Å². The summed E-state index contributed by atoms with van der Waals surface area (Å²) in [5, 5.41) is 13.3. The number of rotatable bonds is 2. The number of hydrogen-bond acceptors (Lipinski definition) is 3. The number of hydrogen-bond donors (Lipinski definition) is 1. The molecule has 1 aromatic rings. The number of β-amino-alcohol motifs (C(OH)–C–C–N with tert-alkyl or cyclic N) is 1. The summed E-state index contributed by atoms with van der Waals surface area (Å²) < 4.78 is 1.70. The molecule has 1 N–H and O–H groups in total. The van der Waals surface area contributed by atoms with Crippen molar-refractivity contribution < 1.29 is 9.90 Å². The highest BCUT2D eigenvalue weighted by molar-refractivity contribution is 5.91. The largest absolute Gasteiger partial charge is 0.391 e. The van der Waals surface area contributed by atoms with E-state index in [4.69, 9.17) is 0 Å². The van der Waals surface area contributed by atoms with Crippen molar-refractivity contribution in [3.8, 4) is 0 Å². The fourth-order valence-electron chi connectivity index (χ4n) is 1.75. The number of likely N-dealkylation sites (tertiary alicyclic amines) is 1. The summed E-state index contributed by atoms with van der Waals surface area (Å²) >= 11 is 0. The third-order valence-corrected chi connectivity index (χ3v) is 2.73. The number of carbonyl (C=O) groups is 1. The molecule has 5 nitrogen and oxygen atoms in total. The molecule has 2 heterocycles. The number of aryl methyl sites for hydroxylation is 1. The second-order valence-electron chi connectivity index (χ2n) is 3.94. The molecule has 1 saturated heterocycles. The molecule has 0 bridgehead atoms. The minimum atomic E-state index is -0.367. The van der Waals surface area contributed by atoms with Crippen molar-refractivity contribution >= 4 is 12.0 Å². The fourth-order valence-corrected chi connectivity index (χ4v) is 1.75. The third kappa shape index (κ3) is 2.30. The molecule has 1 aliphatic heterocycles. The van der Waals surface area contributed by atoms with Crippen molar-refractivity contribution in [2.24, 2.45) is 7.05 Å². The summed E-state index contributed by atoms with van der Waals surface area (Å²) in [4.78, 5) is 13.3. The zero-order valence-corrected chi connectivity index (χ0v) is 9.21. The van der Waals surface area contributed by atoms with Gasteiger partial charge < -0.3 is 10.0 Å². The Kier molecular flexibility index (Phi) is 3.05. The topological polar surface area (TPSA) is 58.4 Å². The van der Waals surface area contributed by atoms with Gasteiger partial charge >= 0.3 is 0 Å². The molecule has 86 valence electrons. The number of aliphatic hydroxyl groups is 1. The van der Waals surface area contributed by atoms with Gasteiger partial charge in [0.1, 0.15) is 0 Å². The average molecular weight is 221 g/mol. The Morgan fingerprint density at radius 3 is 3.06 bits per heavy atom. The van der Waals surface area contributed by atoms with Gasteiger partial charge in [0.15, 0.2) is 0 Å². The molecule has 0 aromatic carbocycles. The van der Waals surface area contributed by atoms with E-state index >= 15 is 0 Å². The third-order valence-electron chi connectivity index (χ3n) is 2.73. The molecule has 1 aromatic heterocycles. The van der Waals surface area contributed by atoms with Gasteiger partial charge in [0, 0.05) is 32.4 Å². The first-order valence-electron chi connectivity index (χ1n) is 5.30. The van der Waals surface area contributed by atoms with Gasteiger partial charge in [-0.3, -0.25) is 9.48 Å². The van der Waals surface area contributed by atoms with Crippen LogP contribution in [0.2, 0.25) is 0 Å². The van der Waals surface area contributed by atoms with Crippen LogP contribution in [0.15, 0.2) is 18.3 Å². The Balaban J connectivity index is 1.97. The van der Waals surface area contributed by atoms with Gasteiger partial charge in [0.2, 0.25) is 5.91 Å². The minimum Gasteiger partial charge on any atom is -0.391 e. The molecule has 1 amide bonds. The first kappa shape index (κ1) is 10.9. The molecule has 2 rings (SSSR count). The molecular weight excluding hydrogens is 206 g/mol. The lowest BCUT2D eigenvalue weighted by Crippen LogP contribution is -2.27. The number of amides is 1. The van der Waals surface area contributed by atoms with Gasteiger partial charge in [-0.15, -0.1) is 0 Å². The van der Waals surface area contributed by atoms with E-state index in [1.165, 1.54) is 6.08 Å². The van der Waals surface area contributed by atoms with E-state index in [2.05, 4.69) is 5.10 Å². The van der Waals surface area contributed by atoms with Gasteiger partial charge in [0.05, 0.1) is 11.8 Å². The molecule has 0 saturated carbocycles. The molecule has 1 atom stereocenters. The van der Waals surface area contributed by atoms with Crippen LogP contribution in [0.4, 0.5) is 0 Å². The Labute approximate surface area is 94.0 Å². The first-order valence-corrected chi connectivity index (χ1v) is 5.30. The summed E-state index contributed by atoms with van der Waals surface area (Å²) in [7, 11) is 1.82. The monoisotopic (exact) mass is 221 g/mol. The zero-order valence-electron chi connectivity index (χ0n) is 9.21. The number of aromatic nitrogens is 2. The van der Waals surface area contributed by atoms with Crippen LogP contribution in [0.25, 0.3) is 6.08 Å². The summed E-state index contributed by atoms with van der Waals surface area (Å²) in [5.41, 5.74) is 0.882. The molecule has 5 heteroatoms. The van der Waals surface area contributed by atoms with Crippen molar-refractivity contribution in [3.05, 3.63) is 24.0 Å². The lowest BCUT2D eigenvalue weighted by molar-refractivity contribution is -0.125. The zero-order chi connectivity index (χ0) is 11.5. The van der Waals surface area contributed by atoms with E-state index < -0.39 is 0 Å². The van der Waals surface area contributed by atoms with Gasteiger partial charge in [-0.1, -0.05) is 0 Å². The van der Waals surface area contributed by atoms with Crippen molar-refractivity contribution in [3.63, 3.8) is 0 Å². The second-order valence-corrected chi connectivity index (χ2v) is 3.94. The molecule has 0 radical (unpaired) electrons. The predicted molar refractivity (Wildman–Crippen MR) is 59.4 cm³/mol. The highest BCUT2D eigenvalue weighted by Gasteiger charge is 2.22. The SMILES string of the molecule is Cn1nccc1C=CC(=O)N1CC[C@H](O)C1. The average Bonchev–Trinajstić information content (AvgIpc) is 2.84. The molecule has 0 spiro atoms. The standard InChI is InChI=1S/C11H15N3O2/c1-13-9(4-6-12-13)2-3-11(16)14-7-5-10(15)8-14/h2-4,6,10,15H,5,7-8H2,1H3/t10-/m0/s1. The van der Waals surface area contributed by atoms with Crippen molar-refractivity contribution in [2.45, 2.75) is 12.5 Å². The van der Waals surface area contributed by atoms with Crippen LogP contribution in [-0.4, -0.2) is 44.9 Å². The molecule has 16 heavy (non-hydrogen) atoms. The van der Waals surface area contributed by atoms with Crippen molar-refractivity contribution in [2.75, 3.05) is 13.1 Å². The van der Waals surface area contributed by atoms with Crippen molar-refractivity contribution in [1.29, 1.82) is 0 Å². The van der Waals surface area contributed by atoms with Gasteiger partial charge in [0.25, 0.3) is 0 Å². The van der Waals surface area contributed by atoms with Crippen LogP contribution < -0.4 is 0 Å². The van der Waals surface area contributed by atoms with Crippen LogP contribution in [0.3, 0.4) is 0 Å². The Morgan fingerprint density at radius 2 is 2.50 bits per heavy atom. The van der Waals surface area contributed by atoms with E-state index in [1.807, 2.05) is 13.1 Å². The molecule has 1 aliphatic rings. The normalized spacial score (nSPS) is 20.9. The maximum atomic E-state index is 11.7. The number of aliphatic hydroxyl groups excluding tert-OH is 1. The Morgan fingerprint density at radius 1 is 1.69 bits per heavy atom. The summed E-state index contributed by atoms with van der Waals surface area (Å²) in [6.07, 6.45) is 5.25. The van der Waals surface area contributed by atoms with Gasteiger partial charge in [-0.2, -0.15) is 5.10 Å².